The van der Waals surface area contributed by atoms with Crippen molar-refractivity contribution in [2.24, 2.45) is 0 Å². The average Bonchev–Trinajstić information content (AvgIpc) is 3.10. The number of ether oxygens (including phenoxy) is 1. The molecule has 0 atom stereocenters. The van der Waals surface area contributed by atoms with E-state index in [1.807, 2.05) is 24.3 Å². The largest absolute Gasteiger partial charge is 0.493 e. The molecule has 0 fully saturated rings. The van der Waals surface area contributed by atoms with Crippen LogP contribution in [0.15, 0.2) is 61.2 Å². The van der Waals surface area contributed by atoms with Crippen LogP contribution in [0.1, 0.15) is 12.0 Å². The number of carbonyl (C=O) groups is 1. The molecule has 7 heteroatoms. The number of anilines is 1. The molecule has 1 amide bonds. The Morgan fingerprint density at radius 3 is 2.76 bits per heavy atom. The second kappa shape index (κ2) is 8.30. The van der Waals surface area contributed by atoms with Crippen molar-refractivity contribution in [1.29, 1.82) is 0 Å². The number of rotatable bonds is 7. The Labute approximate surface area is 150 Å². The van der Waals surface area contributed by atoms with E-state index in [0.717, 1.165) is 11.3 Å². The lowest BCUT2D eigenvalue weighted by Gasteiger charge is -2.08. The van der Waals surface area contributed by atoms with Crippen LogP contribution in [0.25, 0.3) is 0 Å². The normalized spacial score (nSPS) is 10.4. The first-order valence-electron chi connectivity index (χ1n) is 7.78. The molecule has 25 heavy (non-hydrogen) atoms. The minimum atomic E-state index is -0.106. The number of hydrogen-bond donors (Lipinski definition) is 1. The first-order valence-corrected chi connectivity index (χ1v) is 8.16. The molecular formula is C18H17ClN4O2. The fourth-order valence-electron chi connectivity index (χ4n) is 2.24. The molecule has 0 spiro atoms. The summed E-state index contributed by atoms with van der Waals surface area (Å²) in [7, 11) is 0. The summed E-state index contributed by atoms with van der Waals surface area (Å²) in [5.41, 5.74) is 1.82. The third kappa shape index (κ3) is 5.32. The molecule has 0 radical (unpaired) electrons. The molecule has 1 N–H and O–H groups in total. The van der Waals surface area contributed by atoms with Crippen LogP contribution in [-0.2, 0) is 11.3 Å². The van der Waals surface area contributed by atoms with Gasteiger partial charge in [0.2, 0.25) is 5.91 Å². The van der Waals surface area contributed by atoms with Gasteiger partial charge < -0.3 is 10.1 Å². The molecule has 3 aromatic rings. The topological polar surface area (TPSA) is 69.0 Å². The Bertz CT molecular complexity index is 819. The van der Waals surface area contributed by atoms with E-state index in [4.69, 9.17) is 16.3 Å². The maximum atomic E-state index is 12.0. The highest BCUT2D eigenvalue weighted by Gasteiger charge is 2.04. The number of halogens is 1. The molecule has 128 valence electrons. The van der Waals surface area contributed by atoms with Gasteiger partial charge in [-0.2, -0.15) is 5.10 Å². The number of aromatic nitrogens is 3. The number of nitrogens with zero attached hydrogens (tertiary/aromatic N) is 3. The Morgan fingerprint density at radius 2 is 2.04 bits per heavy atom. The summed E-state index contributed by atoms with van der Waals surface area (Å²) in [5, 5.41) is 7.51. The maximum Gasteiger partial charge on any atom is 0.227 e. The number of hydrogen-bond acceptors (Lipinski definition) is 4. The van der Waals surface area contributed by atoms with Gasteiger partial charge in [0.05, 0.1) is 19.6 Å². The molecule has 0 aliphatic carbocycles. The van der Waals surface area contributed by atoms with Crippen LogP contribution >= 0.6 is 11.6 Å². The summed E-state index contributed by atoms with van der Waals surface area (Å²) >= 11 is 5.88. The number of benzene rings is 2. The van der Waals surface area contributed by atoms with E-state index in [9.17, 15) is 4.79 Å². The van der Waals surface area contributed by atoms with Gasteiger partial charge in [0, 0.05) is 10.7 Å². The number of amides is 1. The van der Waals surface area contributed by atoms with E-state index in [1.165, 1.54) is 6.33 Å². The van der Waals surface area contributed by atoms with E-state index in [0.29, 0.717) is 17.3 Å². The van der Waals surface area contributed by atoms with Gasteiger partial charge in [-0.05, 0) is 35.9 Å². The Hall–Kier alpha value is -2.86. The molecule has 0 aliphatic rings. The van der Waals surface area contributed by atoms with Crippen molar-refractivity contribution in [3.8, 4) is 5.75 Å². The molecule has 0 bridgehead atoms. The predicted octanol–water partition coefficient (Wildman–Crippen LogP) is 3.39. The van der Waals surface area contributed by atoms with Crippen LogP contribution in [0.3, 0.4) is 0 Å². The Balaban J connectivity index is 1.44. The molecular weight excluding hydrogens is 340 g/mol. The summed E-state index contributed by atoms with van der Waals surface area (Å²) in [4.78, 5) is 15.9. The monoisotopic (exact) mass is 356 g/mol. The molecule has 0 aliphatic heterocycles. The minimum Gasteiger partial charge on any atom is -0.493 e. The van der Waals surface area contributed by atoms with Crippen LogP contribution in [0.4, 0.5) is 5.69 Å². The van der Waals surface area contributed by atoms with Crippen molar-refractivity contribution in [3.63, 3.8) is 0 Å². The molecule has 0 saturated carbocycles. The molecule has 6 nitrogen and oxygen atoms in total. The third-order valence-electron chi connectivity index (χ3n) is 3.44. The van der Waals surface area contributed by atoms with Crippen LogP contribution in [-0.4, -0.2) is 27.3 Å². The van der Waals surface area contributed by atoms with Gasteiger partial charge in [-0.3, -0.25) is 4.79 Å². The van der Waals surface area contributed by atoms with Gasteiger partial charge >= 0.3 is 0 Å². The van der Waals surface area contributed by atoms with E-state index in [-0.39, 0.29) is 18.9 Å². The highest BCUT2D eigenvalue weighted by atomic mass is 35.5. The second-order valence-electron chi connectivity index (χ2n) is 5.39. The number of carbonyl (C=O) groups excluding carboxylic acids is 1. The standard InChI is InChI=1S/C18H17ClN4O2/c19-15-2-1-3-17(10-15)25-9-8-18(24)22-16-6-4-14(5-7-16)11-23-13-20-12-21-23/h1-7,10,12-13H,8-9,11H2,(H,22,24). The Morgan fingerprint density at radius 1 is 1.20 bits per heavy atom. The van der Waals surface area contributed by atoms with E-state index in [2.05, 4.69) is 15.4 Å². The molecule has 1 aromatic heterocycles. The first-order chi connectivity index (χ1) is 12.2. The van der Waals surface area contributed by atoms with Gasteiger partial charge in [-0.1, -0.05) is 29.8 Å². The quantitative estimate of drug-likeness (QED) is 0.704. The van der Waals surface area contributed by atoms with Gasteiger partial charge in [0.1, 0.15) is 18.4 Å². The predicted molar refractivity (Wildman–Crippen MR) is 95.8 cm³/mol. The van der Waals surface area contributed by atoms with Crippen LogP contribution in [0, 0.1) is 0 Å². The maximum absolute atomic E-state index is 12.0. The smallest absolute Gasteiger partial charge is 0.227 e. The minimum absolute atomic E-state index is 0.106. The van der Waals surface area contributed by atoms with Gasteiger partial charge in [-0.25, -0.2) is 9.67 Å². The zero-order valence-electron chi connectivity index (χ0n) is 13.4. The lowest BCUT2D eigenvalue weighted by atomic mass is 10.2. The highest BCUT2D eigenvalue weighted by molar-refractivity contribution is 6.30. The van der Waals surface area contributed by atoms with Crippen molar-refractivity contribution in [3.05, 3.63) is 71.8 Å². The van der Waals surface area contributed by atoms with Crippen molar-refractivity contribution < 1.29 is 9.53 Å². The van der Waals surface area contributed by atoms with Crippen LogP contribution < -0.4 is 10.1 Å². The SMILES string of the molecule is O=C(CCOc1cccc(Cl)c1)Nc1ccc(Cn2cncn2)cc1. The van der Waals surface area contributed by atoms with E-state index in [1.54, 1.807) is 35.3 Å². The van der Waals surface area contributed by atoms with Crippen molar-refractivity contribution in [2.75, 3.05) is 11.9 Å². The average molecular weight is 357 g/mol. The lowest BCUT2D eigenvalue weighted by Crippen LogP contribution is -2.15. The summed E-state index contributed by atoms with van der Waals surface area (Å²) in [6, 6.07) is 14.7. The molecule has 3 rings (SSSR count). The molecule has 2 aromatic carbocycles. The van der Waals surface area contributed by atoms with Crippen molar-refractivity contribution in [1.82, 2.24) is 14.8 Å². The fraction of sp³-hybridized carbons (Fsp3) is 0.167. The summed E-state index contributed by atoms with van der Waals surface area (Å²) in [6.07, 6.45) is 3.42. The zero-order chi connectivity index (χ0) is 17.5. The van der Waals surface area contributed by atoms with E-state index >= 15 is 0 Å². The van der Waals surface area contributed by atoms with Crippen LogP contribution in [0.5, 0.6) is 5.75 Å². The van der Waals surface area contributed by atoms with Gasteiger partial charge in [-0.15, -0.1) is 0 Å². The van der Waals surface area contributed by atoms with E-state index < -0.39 is 0 Å². The second-order valence-corrected chi connectivity index (χ2v) is 5.83. The zero-order valence-corrected chi connectivity index (χ0v) is 14.2. The summed E-state index contributed by atoms with van der Waals surface area (Å²) in [5.74, 6) is 0.545. The van der Waals surface area contributed by atoms with Crippen LogP contribution in [0.2, 0.25) is 5.02 Å². The van der Waals surface area contributed by atoms with Gasteiger partial charge in [0.25, 0.3) is 0 Å². The third-order valence-corrected chi connectivity index (χ3v) is 3.68. The fourth-order valence-corrected chi connectivity index (χ4v) is 2.42. The summed E-state index contributed by atoms with van der Waals surface area (Å²) in [6.45, 7) is 0.929. The molecule has 0 unspecified atom stereocenters. The van der Waals surface area contributed by atoms with Crippen molar-refractivity contribution >= 4 is 23.2 Å². The first kappa shape index (κ1) is 17.0. The number of nitrogens with one attached hydrogen (secondary N) is 1. The lowest BCUT2D eigenvalue weighted by molar-refractivity contribution is -0.116. The summed E-state index contributed by atoms with van der Waals surface area (Å²) < 4.78 is 7.25. The van der Waals surface area contributed by atoms with Crippen molar-refractivity contribution in [2.45, 2.75) is 13.0 Å². The molecule has 0 saturated heterocycles. The Kier molecular flexibility index (Phi) is 5.64. The molecule has 1 heterocycles. The highest BCUT2D eigenvalue weighted by Crippen LogP contribution is 2.17. The van der Waals surface area contributed by atoms with Gasteiger partial charge in [0.15, 0.2) is 0 Å².